The van der Waals surface area contributed by atoms with Crippen LogP contribution in [0.25, 0.3) is 10.4 Å². The highest BCUT2D eigenvalue weighted by atomic mass is 32.1. The van der Waals surface area contributed by atoms with Crippen molar-refractivity contribution in [3.05, 3.63) is 41.8 Å². The number of rotatable bonds is 4. The molecule has 1 aliphatic heterocycles. The summed E-state index contributed by atoms with van der Waals surface area (Å²) >= 11 is 1.81. The first kappa shape index (κ1) is 13.7. The van der Waals surface area contributed by atoms with Crippen molar-refractivity contribution in [3.63, 3.8) is 0 Å². The van der Waals surface area contributed by atoms with Crippen molar-refractivity contribution in [1.82, 2.24) is 4.90 Å². The second-order valence-corrected chi connectivity index (χ2v) is 6.32. The van der Waals surface area contributed by atoms with Crippen LogP contribution in [0.5, 0.6) is 0 Å². The van der Waals surface area contributed by atoms with Crippen LogP contribution >= 0.6 is 11.3 Å². The normalized spacial score (nSPS) is 17.2. The first-order chi connectivity index (χ1) is 9.86. The topological polar surface area (TPSA) is 15.3 Å². The maximum atomic E-state index is 3.76. The van der Waals surface area contributed by atoms with E-state index in [1.54, 1.807) is 0 Å². The van der Waals surface area contributed by atoms with Crippen LogP contribution in [0.3, 0.4) is 0 Å². The van der Waals surface area contributed by atoms with Gasteiger partial charge in [-0.3, -0.25) is 0 Å². The van der Waals surface area contributed by atoms with Crippen LogP contribution < -0.4 is 5.32 Å². The number of hydrogen-bond donors (Lipinski definition) is 1. The highest BCUT2D eigenvalue weighted by molar-refractivity contribution is 7.13. The molecular formula is C17H22N2S. The number of para-hydroxylation sites is 1. The van der Waals surface area contributed by atoms with Gasteiger partial charge >= 0.3 is 0 Å². The molecule has 1 fully saturated rings. The number of nitrogens with one attached hydrogen (secondary N) is 1. The molecule has 0 aliphatic carbocycles. The van der Waals surface area contributed by atoms with Crippen LogP contribution in [-0.4, -0.2) is 30.6 Å². The monoisotopic (exact) mass is 286 g/mol. The van der Waals surface area contributed by atoms with E-state index < -0.39 is 0 Å². The van der Waals surface area contributed by atoms with E-state index in [1.165, 1.54) is 48.6 Å². The smallest absolute Gasteiger partial charge is 0.0430 e. The zero-order valence-corrected chi connectivity index (χ0v) is 12.8. The van der Waals surface area contributed by atoms with Crippen molar-refractivity contribution in [3.8, 4) is 10.4 Å². The number of nitrogens with zero attached hydrogens (tertiary/aromatic N) is 1. The maximum absolute atomic E-state index is 3.76. The summed E-state index contributed by atoms with van der Waals surface area (Å²) in [6.45, 7) is 5.86. The molecule has 106 valence electrons. The molecule has 2 heterocycles. The van der Waals surface area contributed by atoms with Crippen molar-refractivity contribution in [2.24, 2.45) is 0 Å². The minimum absolute atomic E-state index is 0.610. The molecule has 1 aromatic heterocycles. The van der Waals surface area contributed by atoms with Gasteiger partial charge in [0.05, 0.1) is 0 Å². The number of thiophene rings is 1. The summed E-state index contributed by atoms with van der Waals surface area (Å²) < 4.78 is 0. The van der Waals surface area contributed by atoms with Crippen LogP contribution in [0.1, 0.15) is 19.8 Å². The Morgan fingerprint density at radius 1 is 1.15 bits per heavy atom. The van der Waals surface area contributed by atoms with E-state index in [1.807, 2.05) is 11.3 Å². The lowest BCUT2D eigenvalue weighted by atomic mass is 10.0. The van der Waals surface area contributed by atoms with E-state index >= 15 is 0 Å². The predicted octanol–water partition coefficient (Wildman–Crippen LogP) is 4.31. The van der Waals surface area contributed by atoms with Crippen LogP contribution in [0.15, 0.2) is 41.8 Å². The summed E-state index contributed by atoms with van der Waals surface area (Å²) in [4.78, 5) is 3.88. The first-order valence-electron chi connectivity index (χ1n) is 7.48. The molecule has 0 bridgehead atoms. The van der Waals surface area contributed by atoms with Crippen LogP contribution in [0.2, 0.25) is 0 Å². The number of likely N-dealkylation sites (tertiary alicyclic amines) is 1. The van der Waals surface area contributed by atoms with E-state index in [4.69, 9.17) is 0 Å². The van der Waals surface area contributed by atoms with Gasteiger partial charge in [0.25, 0.3) is 0 Å². The Balaban J connectivity index is 1.72. The summed E-state index contributed by atoms with van der Waals surface area (Å²) in [6.07, 6.45) is 2.49. The lowest BCUT2D eigenvalue weighted by molar-refractivity contribution is 0.229. The molecule has 0 amide bonds. The third-order valence-electron chi connectivity index (χ3n) is 4.11. The summed E-state index contributed by atoms with van der Waals surface area (Å²) in [5, 5.41) is 5.91. The van der Waals surface area contributed by atoms with Gasteiger partial charge in [-0.2, -0.15) is 0 Å². The van der Waals surface area contributed by atoms with Crippen LogP contribution in [0, 0.1) is 0 Å². The van der Waals surface area contributed by atoms with E-state index in [0.717, 1.165) is 0 Å². The molecule has 1 saturated heterocycles. The Morgan fingerprint density at radius 2 is 1.95 bits per heavy atom. The molecule has 0 unspecified atom stereocenters. The molecular weight excluding hydrogens is 264 g/mol. The Hall–Kier alpha value is -1.32. The summed E-state index contributed by atoms with van der Waals surface area (Å²) in [5.74, 6) is 0. The minimum Gasteiger partial charge on any atom is -0.382 e. The lowest BCUT2D eigenvalue weighted by Gasteiger charge is -2.32. The van der Waals surface area contributed by atoms with E-state index in [0.29, 0.717) is 6.04 Å². The Kier molecular flexibility index (Phi) is 4.38. The number of piperidine rings is 1. The van der Waals surface area contributed by atoms with Gasteiger partial charge in [-0.15, -0.1) is 11.3 Å². The fourth-order valence-electron chi connectivity index (χ4n) is 2.87. The van der Waals surface area contributed by atoms with Crippen molar-refractivity contribution >= 4 is 17.0 Å². The van der Waals surface area contributed by atoms with Crippen molar-refractivity contribution in [2.45, 2.75) is 25.8 Å². The summed E-state index contributed by atoms with van der Waals surface area (Å²) in [6, 6.07) is 13.6. The van der Waals surface area contributed by atoms with Crippen LogP contribution in [0.4, 0.5) is 5.69 Å². The van der Waals surface area contributed by atoms with Crippen molar-refractivity contribution < 1.29 is 0 Å². The SMILES string of the molecule is CCN1CCC(Nc2ccccc2-c2cccs2)CC1. The lowest BCUT2D eigenvalue weighted by Crippen LogP contribution is -2.38. The van der Waals surface area contributed by atoms with Gasteiger partial charge in [0.2, 0.25) is 0 Å². The summed E-state index contributed by atoms with van der Waals surface area (Å²) in [7, 11) is 0. The minimum atomic E-state index is 0.610. The highest BCUT2D eigenvalue weighted by Crippen LogP contribution is 2.32. The fraction of sp³-hybridized carbons (Fsp3) is 0.412. The largest absolute Gasteiger partial charge is 0.382 e. The highest BCUT2D eigenvalue weighted by Gasteiger charge is 2.18. The van der Waals surface area contributed by atoms with Gasteiger partial charge < -0.3 is 10.2 Å². The molecule has 2 nitrogen and oxygen atoms in total. The molecule has 1 aromatic carbocycles. The second kappa shape index (κ2) is 6.42. The molecule has 2 aromatic rings. The maximum Gasteiger partial charge on any atom is 0.0430 e. The van der Waals surface area contributed by atoms with E-state index in [-0.39, 0.29) is 0 Å². The van der Waals surface area contributed by atoms with E-state index in [9.17, 15) is 0 Å². The number of hydrogen-bond acceptors (Lipinski definition) is 3. The fourth-order valence-corrected chi connectivity index (χ4v) is 3.63. The predicted molar refractivity (Wildman–Crippen MR) is 88.5 cm³/mol. The molecule has 0 radical (unpaired) electrons. The van der Waals surface area contributed by atoms with Gasteiger partial charge in [0.15, 0.2) is 0 Å². The Labute approximate surface area is 125 Å². The van der Waals surface area contributed by atoms with Gasteiger partial charge in [-0.05, 0) is 36.9 Å². The molecule has 0 saturated carbocycles. The Morgan fingerprint density at radius 3 is 2.65 bits per heavy atom. The van der Waals surface area contributed by atoms with Gasteiger partial charge in [-0.1, -0.05) is 31.2 Å². The van der Waals surface area contributed by atoms with Gasteiger partial charge in [0.1, 0.15) is 0 Å². The zero-order chi connectivity index (χ0) is 13.8. The van der Waals surface area contributed by atoms with E-state index in [2.05, 4.69) is 58.9 Å². The third kappa shape index (κ3) is 3.05. The Bertz CT molecular complexity index is 528. The average molecular weight is 286 g/mol. The molecule has 0 atom stereocenters. The third-order valence-corrected chi connectivity index (χ3v) is 5.01. The van der Waals surface area contributed by atoms with Crippen molar-refractivity contribution in [1.29, 1.82) is 0 Å². The molecule has 3 rings (SSSR count). The molecule has 3 heteroatoms. The molecule has 0 spiro atoms. The van der Waals surface area contributed by atoms with Crippen LogP contribution in [-0.2, 0) is 0 Å². The van der Waals surface area contributed by atoms with Crippen molar-refractivity contribution in [2.75, 3.05) is 25.0 Å². The molecule has 1 aliphatic rings. The molecule has 1 N–H and O–H groups in total. The zero-order valence-electron chi connectivity index (χ0n) is 12.0. The number of anilines is 1. The first-order valence-corrected chi connectivity index (χ1v) is 8.36. The second-order valence-electron chi connectivity index (χ2n) is 5.38. The van der Waals surface area contributed by atoms with Gasteiger partial charge in [-0.25, -0.2) is 0 Å². The average Bonchev–Trinajstić information content (AvgIpc) is 3.03. The standard InChI is InChI=1S/C17H22N2S/c1-2-19-11-9-14(10-12-19)18-16-7-4-3-6-15(16)17-8-5-13-20-17/h3-8,13-14,18H,2,9-12H2,1H3. The molecule has 20 heavy (non-hydrogen) atoms. The number of benzene rings is 1. The quantitative estimate of drug-likeness (QED) is 0.901. The summed E-state index contributed by atoms with van der Waals surface area (Å²) in [5.41, 5.74) is 2.62. The van der Waals surface area contributed by atoms with Gasteiger partial charge in [0, 0.05) is 35.3 Å².